The molecule has 1 amide bonds. The fraction of sp³-hybridized carbons (Fsp3) is 0.412. The van der Waals surface area contributed by atoms with Crippen LogP contribution in [0.5, 0.6) is 0 Å². The van der Waals surface area contributed by atoms with E-state index in [2.05, 4.69) is 29.6 Å². The van der Waals surface area contributed by atoms with Gasteiger partial charge in [-0.1, -0.05) is 18.2 Å². The van der Waals surface area contributed by atoms with Crippen LogP contribution in [-0.4, -0.2) is 21.7 Å². The molecule has 0 saturated carbocycles. The molecule has 0 saturated heterocycles. The third kappa shape index (κ3) is 4.18. The van der Waals surface area contributed by atoms with E-state index in [0.29, 0.717) is 6.04 Å². The molecule has 2 aromatic rings. The van der Waals surface area contributed by atoms with E-state index in [1.165, 1.54) is 0 Å². The molecular formula is C17H24N4O. The molecule has 22 heavy (non-hydrogen) atoms. The molecule has 0 aliphatic rings. The quantitative estimate of drug-likeness (QED) is 0.861. The number of nitrogens with zero attached hydrogens (tertiary/aromatic N) is 2. The largest absolute Gasteiger partial charge is 0.325 e. The maximum Gasteiger partial charge on any atom is 0.241 e. The Hall–Kier alpha value is -2.14. The first kappa shape index (κ1) is 16.2. The zero-order valence-electron chi connectivity index (χ0n) is 13.6. The molecule has 1 aromatic carbocycles. The van der Waals surface area contributed by atoms with Gasteiger partial charge < -0.3 is 5.32 Å². The van der Waals surface area contributed by atoms with Gasteiger partial charge in [0.25, 0.3) is 0 Å². The first-order valence-corrected chi connectivity index (χ1v) is 7.63. The van der Waals surface area contributed by atoms with Crippen LogP contribution in [0.2, 0.25) is 0 Å². The smallest absolute Gasteiger partial charge is 0.241 e. The van der Waals surface area contributed by atoms with Crippen LogP contribution in [0.4, 0.5) is 5.69 Å². The highest BCUT2D eigenvalue weighted by molar-refractivity contribution is 5.94. The molecule has 0 unspecified atom stereocenters. The van der Waals surface area contributed by atoms with Gasteiger partial charge in [0.05, 0.1) is 12.2 Å². The highest BCUT2D eigenvalue weighted by atomic mass is 16.2. The second kappa shape index (κ2) is 7.22. The van der Waals surface area contributed by atoms with E-state index in [4.69, 9.17) is 0 Å². The van der Waals surface area contributed by atoms with Gasteiger partial charge in [0.2, 0.25) is 5.91 Å². The summed E-state index contributed by atoms with van der Waals surface area (Å²) in [6.07, 6.45) is 3.86. The van der Waals surface area contributed by atoms with E-state index < -0.39 is 0 Å². The Kier molecular flexibility index (Phi) is 5.33. The molecule has 2 N–H and O–H groups in total. The number of hydrogen-bond acceptors (Lipinski definition) is 3. The van der Waals surface area contributed by atoms with Crippen LogP contribution in [-0.2, 0) is 4.79 Å². The average Bonchev–Trinajstić information content (AvgIpc) is 2.98. The highest BCUT2D eigenvalue weighted by Gasteiger charge is 2.17. The van der Waals surface area contributed by atoms with Gasteiger partial charge in [-0.3, -0.25) is 14.8 Å². The summed E-state index contributed by atoms with van der Waals surface area (Å²) in [7, 11) is 0. The summed E-state index contributed by atoms with van der Waals surface area (Å²) in [6, 6.07) is 9.57. The van der Waals surface area contributed by atoms with Gasteiger partial charge in [-0.05, 0) is 39.8 Å². The van der Waals surface area contributed by atoms with Crippen molar-refractivity contribution in [2.75, 3.05) is 5.32 Å². The van der Waals surface area contributed by atoms with Crippen LogP contribution < -0.4 is 10.6 Å². The Morgan fingerprint density at radius 2 is 1.82 bits per heavy atom. The zero-order chi connectivity index (χ0) is 16.1. The number of amides is 1. The van der Waals surface area contributed by atoms with Crippen molar-refractivity contribution >= 4 is 11.6 Å². The summed E-state index contributed by atoms with van der Waals surface area (Å²) in [6.45, 7) is 8.07. The minimum Gasteiger partial charge on any atom is -0.325 e. The number of carbonyl (C=O) groups is 1. The molecule has 118 valence electrons. The van der Waals surface area contributed by atoms with Crippen LogP contribution in [0.25, 0.3) is 0 Å². The zero-order valence-corrected chi connectivity index (χ0v) is 13.6. The van der Waals surface area contributed by atoms with E-state index in [1.807, 2.05) is 61.3 Å². The first-order chi connectivity index (χ1) is 10.5. The highest BCUT2D eigenvalue weighted by Crippen LogP contribution is 2.15. The fourth-order valence-corrected chi connectivity index (χ4v) is 2.18. The average molecular weight is 300 g/mol. The van der Waals surface area contributed by atoms with Crippen molar-refractivity contribution in [3.63, 3.8) is 0 Å². The molecule has 0 aliphatic heterocycles. The normalized spacial score (nSPS) is 13.9. The summed E-state index contributed by atoms with van der Waals surface area (Å²) in [4.78, 5) is 12.2. The summed E-state index contributed by atoms with van der Waals surface area (Å²) in [5.74, 6) is -0.0469. The molecule has 0 radical (unpaired) electrons. The molecule has 0 spiro atoms. The summed E-state index contributed by atoms with van der Waals surface area (Å²) >= 11 is 0. The lowest BCUT2D eigenvalue weighted by atomic mass is 10.1. The summed E-state index contributed by atoms with van der Waals surface area (Å²) in [5.41, 5.74) is 1.88. The third-order valence-corrected chi connectivity index (χ3v) is 3.59. The van der Waals surface area contributed by atoms with Gasteiger partial charge >= 0.3 is 0 Å². The van der Waals surface area contributed by atoms with E-state index in [1.54, 1.807) is 0 Å². The molecule has 0 aliphatic carbocycles. The van der Waals surface area contributed by atoms with Crippen molar-refractivity contribution in [1.29, 1.82) is 0 Å². The Morgan fingerprint density at radius 1 is 1.14 bits per heavy atom. The molecule has 2 atom stereocenters. The fourth-order valence-electron chi connectivity index (χ4n) is 2.18. The van der Waals surface area contributed by atoms with Gasteiger partial charge in [-0.2, -0.15) is 5.10 Å². The number of hydrogen-bond donors (Lipinski definition) is 2. The van der Waals surface area contributed by atoms with Crippen molar-refractivity contribution in [2.45, 2.75) is 45.8 Å². The topological polar surface area (TPSA) is 59.0 Å². The van der Waals surface area contributed by atoms with Gasteiger partial charge in [0.1, 0.15) is 0 Å². The van der Waals surface area contributed by atoms with Crippen LogP contribution >= 0.6 is 0 Å². The maximum absolute atomic E-state index is 12.2. The minimum absolute atomic E-state index is 0.0469. The molecule has 5 nitrogen and oxygen atoms in total. The molecule has 0 bridgehead atoms. The lowest BCUT2D eigenvalue weighted by Crippen LogP contribution is -2.39. The molecule has 1 aromatic heterocycles. The molecular weight excluding hydrogens is 276 g/mol. The van der Waals surface area contributed by atoms with Crippen molar-refractivity contribution in [1.82, 2.24) is 15.1 Å². The van der Waals surface area contributed by atoms with Gasteiger partial charge in [-0.25, -0.2) is 0 Å². The summed E-state index contributed by atoms with van der Waals surface area (Å²) in [5, 5.41) is 10.5. The predicted molar refractivity (Wildman–Crippen MR) is 88.7 cm³/mol. The number of nitrogens with one attached hydrogen (secondary N) is 2. The van der Waals surface area contributed by atoms with Crippen LogP contribution in [0.1, 0.15) is 45.3 Å². The second-order valence-electron chi connectivity index (χ2n) is 5.81. The van der Waals surface area contributed by atoms with Crippen molar-refractivity contribution in [3.05, 3.63) is 48.3 Å². The van der Waals surface area contributed by atoms with Gasteiger partial charge in [0.15, 0.2) is 0 Å². The maximum atomic E-state index is 12.2. The number of carbonyl (C=O) groups excluding carboxylic acids is 1. The lowest BCUT2D eigenvalue weighted by Gasteiger charge is -2.18. The molecule has 5 heteroatoms. The molecule has 2 rings (SSSR count). The number of aromatic nitrogens is 2. The Labute approximate surface area is 131 Å². The van der Waals surface area contributed by atoms with Crippen LogP contribution in [0.3, 0.4) is 0 Å². The third-order valence-electron chi connectivity index (χ3n) is 3.59. The number of benzene rings is 1. The van der Waals surface area contributed by atoms with E-state index in [9.17, 15) is 4.79 Å². The standard InChI is InChI=1S/C17H24N4O/c1-12(2)21-11-15(10-18-21)13(3)19-14(4)17(22)20-16-8-6-5-7-9-16/h5-14,19H,1-4H3,(H,20,22)/t13-,14-/m1/s1. The monoisotopic (exact) mass is 300 g/mol. The predicted octanol–water partition coefficient (Wildman–Crippen LogP) is 3.14. The summed E-state index contributed by atoms with van der Waals surface area (Å²) < 4.78 is 1.92. The molecule has 1 heterocycles. The van der Waals surface area contributed by atoms with Crippen molar-refractivity contribution in [3.8, 4) is 0 Å². The lowest BCUT2D eigenvalue weighted by molar-refractivity contribution is -0.117. The van der Waals surface area contributed by atoms with E-state index >= 15 is 0 Å². The van der Waals surface area contributed by atoms with Crippen molar-refractivity contribution in [2.24, 2.45) is 0 Å². The van der Waals surface area contributed by atoms with E-state index in [0.717, 1.165) is 11.3 Å². The van der Waals surface area contributed by atoms with Gasteiger partial charge in [0, 0.05) is 29.5 Å². The number of rotatable bonds is 6. The number of para-hydroxylation sites is 1. The number of anilines is 1. The van der Waals surface area contributed by atoms with Gasteiger partial charge in [-0.15, -0.1) is 0 Å². The van der Waals surface area contributed by atoms with Crippen molar-refractivity contribution < 1.29 is 4.79 Å². The Morgan fingerprint density at radius 3 is 2.41 bits per heavy atom. The second-order valence-corrected chi connectivity index (χ2v) is 5.81. The SMILES string of the molecule is CC(C)n1cc([C@@H](C)N[C@H](C)C(=O)Nc2ccccc2)cn1. The van der Waals surface area contributed by atoms with Crippen LogP contribution in [0.15, 0.2) is 42.7 Å². The Balaban J connectivity index is 1.92. The Bertz CT molecular complexity index is 606. The van der Waals surface area contributed by atoms with E-state index in [-0.39, 0.29) is 18.0 Å². The minimum atomic E-state index is -0.294. The molecule has 0 fully saturated rings. The van der Waals surface area contributed by atoms with Crippen LogP contribution in [0, 0.1) is 0 Å². The first-order valence-electron chi connectivity index (χ1n) is 7.63.